The van der Waals surface area contributed by atoms with E-state index in [0.717, 1.165) is 11.1 Å². The fourth-order valence-corrected chi connectivity index (χ4v) is 1.69. The molecule has 0 spiro atoms. The summed E-state index contributed by atoms with van der Waals surface area (Å²) >= 11 is 0. The molecule has 3 nitrogen and oxygen atoms in total. The van der Waals surface area contributed by atoms with Gasteiger partial charge in [-0.25, -0.2) is 0 Å². The fourth-order valence-electron chi connectivity index (χ4n) is 1.69. The van der Waals surface area contributed by atoms with Crippen LogP contribution in [0.25, 0.3) is 6.08 Å². The number of aromatic nitrogens is 1. The van der Waals surface area contributed by atoms with E-state index in [4.69, 9.17) is 0 Å². The molecule has 0 atom stereocenters. The number of benzene rings is 1. The standard InChI is InChI=1S/C16H16N2O/c1-13(10-14-6-3-2-4-7-14)16(19)18-12-15-8-5-9-17-11-15/h2-11H,12H2,1H3,(H,18,19)/b13-10+. The normalized spacial score (nSPS) is 11.1. The van der Waals surface area contributed by atoms with Crippen molar-refractivity contribution in [2.75, 3.05) is 0 Å². The van der Waals surface area contributed by atoms with Crippen molar-refractivity contribution in [1.29, 1.82) is 0 Å². The van der Waals surface area contributed by atoms with Crippen molar-refractivity contribution < 1.29 is 4.79 Å². The Bertz CT molecular complexity index is 562. The first kappa shape index (κ1) is 13.0. The van der Waals surface area contributed by atoms with Crippen LogP contribution in [0.4, 0.5) is 0 Å². The highest BCUT2D eigenvalue weighted by Crippen LogP contribution is 2.06. The van der Waals surface area contributed by atoms with Gasteiger partial charge in [-0.1, -0.05) is 36.4 Å². The second kappa shape index (κ2) is 6.50. The summed E-state index contributed by atoms with van der Waals surface area (Å²) in [6, 6.07) is 13.6. The SMILES string of the molecule is C/C(=C\c1ccccc1)C(=O)NCc1cccnc1. The van der Waals surface area contributed by atoms with Gasteiger partial charge in [0, 0.05) is 24.5 Å². The topological polar surface area (TPSA) is 42.0 Å². The van der Waals surface area contributed by atoms with Gasteiger partial charge in [-0.15, -0.1) is 0 Å². The molecule has 0 bridgehead atoms. The van der Waals surface area contributed by atoms with Gasteiger partial charge in [-0.3, -0.25) is 9.78 Å². The summed E-state index contributed by atoms with van der Waals surface area (Å²) in [7, 11) is 0. The Balaban J connectivity index is 1.95. The lowest BCUT2D eigenvalue weighted by molar-refractivity contribution is -0.117. The molecule has 0 aliphatic carbocycles. The molecule has 0 aliphatic rings. The van der Waals surface area contributed by atoms with Crippen molar-refractivity contribution in [2.45, 2.75) is 13.5 Å². The third kappa shape index (κ3) is 4.07. The van der Waals surface area contributed by atoms with Crippen LogP contribution in [-0.2, 0) is 11.3 Å². The smallest absolute Gasteiger partial charge is 0.247 e. The highest BCUT2D eigenvalue weighted by atomic mass is 16.1. The minimum absolute atomic E-state index is 0.0623. The number of hydrogen-bond acceptors (Lipinski definition) is 2. The van der Waals surface area contributed by atoms with Gasteiger partial charge in [0.25, 0.3) is 0 Å². The van der Waals surface area contributed by atoms with Gasteiger partial charge in [0.1, 0.15) is 0 Å². The van der Waals surface area contributed by atoms with Crippen LogP contribution in [-0.4, -0.2) is 10.9 Å². The lowest BCUT2D eigenvalue weighted by Gasteiger charge is -2.05. The van der Waals surface area contributed by atoms with E-state index in [2.05, 4.69) is 10.3 Å². The molecule has 0 unspecified atom stereocenters. The second-order valence-electron chi connectivity index (χ2n) is 4.28. The van der Waals surface area contributed by atoms with Gasteiger partial charge in [0.2, 0.25) is 5.91 Å². The van der Waals surface area contributed by atoms with E-state index in [1.807, 2.05) is 55.5 Å². The third-order valence-electron chi connectivity index (χ3n) is 2.72. The zero-order valence-electron chi connectivity index (χ0n) is 10.8. The molecular formula is C16H16N2O. The zero-order valence-corrected chi connectivity index (χ0v) is 10.8. The number of rotatable bonds is 4. The Kier molecular flexibility index (Phi) is 4.45. The fraction of sp³-hybridized carbons (Fsp3) is 0.125. The van der Waals surface area contributed by atoms with E-state index in [9.17, 15) is 4.79 Å². The molecule has 1 amide bonds. The summed E-state index contributed by atoms with van der Waals surface area (Å²) < 4.78 is 0. The Labute approximate surface area is 113 Å². The van der Waals surface area contributed by atoms with Gasteiger partial charge < -0.3 is 5.32 Å². The highest BCUT2D eigenvalue weighted by molar-refractivity contribution is 5.97. The summed E-state index contributed by atoms with van der Waals surface area (Å²) in [5, 5.41) is 2.87. The molecular weight excluding hydrogens is 236 g/mol. The molecule has 2 aromatic rings. The minimum atomic E-state index is -0.0623. The average molecular weight is 252 g/mol. The molecule has 1 N–H and O–H groups in total. The molecule has 96 valence electrons. The molecule has 0 fully saturated rings. The van der Waals surface area contributed by atoms with E-state index < -0.39 is 0 Å². The maximum absolute atomic E-state index is 11.9. The van der Waals surface area contributed by atoms with Crippen LogP contribution in [0, 0.1) is 0 Å². The molecule has 0 radical (unpaired) electrons. The van der Waals surface area contributed by atoms with E-state index in [1.54, 1.807) is 12.4 Å². The second-order valence-corrected chi connectivity index (χ2v) is 4.28. The zero-order chi connectivity index (χ0) is 13.5. The molecule has 1 aromatic heterocycles. The van der Waals surface area contributed by atoms with E-state index in [1.165, 1.54) is 0 Å². The van der Waals surface area contributed by atoms with Crippen molar-refractivity contribution in [2.24, 2.45) is 0 Å². The highest BCUT2D eigenvalue weighted by Gasteiger charge is 2.03. The van der Waals surface area contributed by atoms with Crippen LogP contribution in [0.2, 0.25) is 0 Å². The van der Waals surface area contributed by atoms with E-state index in [0.29, 0.717) is 12.1 Å². The molecule has 1 aromatic carbocycles. The number of pyridine rings is 1. The lowest BCUT2D eigenvalue weighted by Crippen LogP contribution is -2.23. The quantitative estimate of drug-likeness (QED) is 0.850. The monoisotopic (exact) mass is 252 g/mol. The molecule has 3 heteroatoms. The molecule has 0 saturated heterocycles. The number of nitrogens with zero attached hydrogens (tertiary/aromatic N) is 1. The van der Waals surface area contributed by atoms with Crippen LogP contribution in [0.5, 0.6) is 0 Å². The first-order valence-electron chi connectivity index (χ1n) is 6.16. The van der Waals surface area contributed by atoms with Crippen molar-refractivity contribution in [3.63, 3.8) is 0 Å². The molecule has 2 rings (SSSR count). The van der Waals surface area contributed by atoms with Crippen molar-refractivity contribution in [3.05, 3.63) is 71.6 Å². The Morgan fingerprint density at radius 2 is 2.00 bits per heavy atom. The summed E-state index contributed by atoms with van der Waals surface area (Å²) in [6.45, 7) is 2.30. The molecule has 0 saturated carbocycles. The molecule has 0 aliphatic heterocycles. The number of nitrogens with one attached hydrogen (secondary N) is 1. The van der Waals surface area contributed by atoms with Gasteiger partial charge in [0.05, 0.1) is 0 Å². The lowest BCUT2D eigenvalue weighted by atomic mass is 10.1. The van der Waals surface area contributed by atoms with E-state index in [-0.39, 0.29) is 5.91 Å². The van der Waals surface area contributed by atoms with Gasteiger partial charge in [0.15, 0.2) is 0 Å². The summed E-state index contributed by atoms with van der Waals surface area (Å²) in [5.74, 6) is -0.0623. The van der Waals surface area contributed by atoms with Crippen molar-refractivity contribution in [3.8, 4) is 0 Å². The molecule has 1 heterocycles. The predicted molar refractivity (Wildman–Crippen MR) is 76.2 cm³/mol. The largest absolute Gasteiger partial charge is 0.348 e. The van der Waals surface area contributed by atoms with Crippen molar-refractivity contribution >= 4 is 12.0 Å². The van der Waals surface area contributed by atoms with Crippen LogP contribution < -0.4 is 5.32 Å². The first-order chi connectivity index (χ1) is 9.25. The van der Waals surface area contributed by atoms with Gasteiger partial charge in [-0.2, -0.15) is 0 Å². The number of hydrogen-bond donors (Lipinski definition) is 1. The molecule has 19 heavy (non-hydrogen) atoms. The number of carbonyl (C=O) groups is 1. The predicted octanol–water partition coefficient (Wildman–Crippen LogP) is 2.80. The van der Waals surface area contributed by atoms with Gasteiger partial charge >= 0.3 is 0 Å². The summed E-state index contributed by atoms with van der Waals surface area (Å²) in [4.78, 5) is 15.9. The number of amides is 1. The Morgan fingerprint density at radius 1 is 1.21 bits per heavy atom. The van der Waals surface area contributed by atoms with Gasteiger partial charge in [-0.05, 0) is 30.2 Å². The van der Waals surface area contributed by atoms with Crippen LogP contribution in [0.1, 0.15) is 18.1 Å². The maximum Gasteiger partial charge on any atom is 0.247 e. The van der Waals surface area contributed by atoms with E-state index >= 15 is 0 Å². The first-order valence-corrected chi connectivity index (χ1v) is 6.16. The van der Waals surface area contributed by atoms with Crippen LogP contribution >= 0.6 is 0 Å². The Morgan fingerprint density at radius 3 is 2.68 bits per heavy atom. The minimum Gasteiger partial charge on any atom is -0.348 e. The third-order valence-corrected chi connectivity index (χ3v) is 2.72. The Hall–Kier alpha value is -2.42. The van der Waals surface area contributed by atoms with Crippen LogP contribution in [0.3, 0.4) is 0 Å². The van der Waals surface area contributed by atoms with Crippen molar-refractivity contribution in [1.82, 2.24) is 10.3 Å². The summed E-state index contributed by atoms with van der Waals surface area (Å²) in [5.41, 5.74) is 2.70. The number of carbonyl (C=O) groups excluding carboxylic acids is 1. The summed E-state index contributed by atoms with van der Waals surface area (Å²) in [6.07, 6.45) is 5.33. The maximum atomic E-state index is 11.9. The van der Waals surface area contributed by atoms with Crippen LogP contribution in [0.15, 0.2) is 60.4 Å². The average Bonchev–Trinajstić information content (AvgIpc) is 2.47.